The summed E-state index contributed by atoms with van der Waals surface area (Å²) >= 11 is 0. The van der Waals surface area contributed by atoms with Crippen LogP contribution in [0.5, 0.6) is 0 Å². The predicted molar refractivity (Wildman–Crippen MR) is 73.7 cm³/mol. The monoisotopic (exact) mass is 256 g/mol. The molecule has 1 fully saturated rings. The minimum atomic E-state index is -0.407. The molecule has 0 unspecified atom stereocenters. The van der Waals surface area contributed by atoms with Gasteiger partial charge < -0.3 is 15.0 Å². The maximum atomic E-state index is 12.1. The van der Waals surface area contributed by atoms with Crippen LogP contribution in [0.3, 0.4) is 0 Å². The Balaban J connectivity index is 2.50. The van der Waals surface area contributed by atoms with Crippen molar-refractivity contribution < 1.29 is 9.53 Å². The molecule has 4 heteroatoms. The van der Waals surface area contributed by atoms with Gasteiger partial charge in [0.25, 0.3) is 0 Å². The first-order valence-electron chi connectivity index (χ1n) is 7.13. The van der Waals surface area contributed by atoms with Crippen LogP contribution in [0.25, 0.3) is 0 Å². The molecule has 1 heterocycles. The molecule has 0 bridgehead atoms. The van der Waals surface area contributed by atoms with Gasteiger partial charge >= 0.3 is 6.09 Å². The summed E-state index contributed by atoms with van der Waals surface area (Å²) < 4.78 is 5.44. The molecule has 1 atom stereocenters. The van der Waals surface area contributed by atoms with Gasteiger partial charge in [0.15, 0.2) is 0 Å². The van der Waals surface area contributed by atoms with Crippen molar-refractivity contribution in [2.75, 3.05) is 19.6 Å². The molecule has 0 aromatic carbocycles. The van der Waals surface area contributed by atoms with E-state index in [1.807, 2.05) is 25.7 Å². The van der Waals surface area contributed by atoms with Crippen LogP contribution in [0.15, 0.2) is 0 Å². The van der Waals surface area contributed by atoms with Gasteiger partial charge in [0.2, 0.25) is 0 Å². The molecule has 0 aromatic rings. The summed E-state index contributed by atoms with van der Waals surface area (Å²) in [7, 11) is 0. The van der Waals surface area contributed by atoms with Crippen molar-refractivity contribution in [1.82, 2.24) is 10.2 Å². The minimum absolute atomic E-state index is 0.173. The van der Waals surface area contributed by atoms with E-state index in [1.54, 1.807) is 0 Å². The quantitative estimate of drug-likeness (QED) is 0.844. The molecule has 0 aromatic heterocycles. The second kappa shape index (κ2) is 6.98. The molecule has 4 nitrogen and oxygen atoms in total. The molecule has 1 rings (SSSR count). The molecule has 1 aliphatic heterocycles. The van der Waals surface area contributed by atoms with Gasteiger partial charge in [0.05, 0.1) is 0 Å². The van der Waals surface area contributed by atoms with Gasteiger partial charge in [-0.05, 0) is 46.6 Å². The van der Waals surface area contributed by atoms with E-state index in [2.05, 4.69) is 12.2 Å². The molecule has 1 aliphatic rings. The SMILES string of the molecule is CCCN[C@@H]1CCCCN(C(=O)OC(C)(C)C)C1. The van der Waals surface area contributed by atoms with Crippen LogP contribution < -0.4 is 5.32 Å². The molecular weight excluding hydrogens is 228 g/mol. The van der Waals surface area contributed by atoms with Crippen LogP contribution in [0.4, 0.5) is 4.79 Å². The van der Waals surface area contributed by atoms with E-state index >= 15 is 0 Å². The normalized spacial score (nSPS) is 21.6. The molecule has 18 heavy (non-hydrogen) atoms. The molecule has 0 saturated carbocycles. The minimum Gasteiger partial charge on any atom is -0.444 e. The van der Waals surface area contributed by atoms with Crippen LogP contribution in [0.1, 0.15) is 53.4 Å². The first-order chi connectivity index (χ1) is 8.42. The van der Waals surface area contributed by atoms with Crippen LogP contribution in [-0.2, 0) is 4.74 Å². The summed E-state index contributed by atoms with van der Waals surface area (Å²) in [5, 5.41) is 3.51. The van der Waals surface area contributed by atoms with E-state index < -0.39 is 5.60 Å². The third-order valence-electron chi connectivity index (χ3n) is 3.01. The van der Waals surface area contributed by atoms with Crippen LogP contribution in [0, 0.1) is 0 Å². The molecule has 1 amide bonds. The summed E-state index contributed by atoms with van der Waals surface area (Å²) in [6.45, 7) is 10.5. The number of nitrogens with one attached hydrogen (secondary N) is 1. The Labute approximate surface area is 111 Å². The number of ether oxygens (including phenoxy) is 1. The van der Waals surface area contributed by atoms with E-state index in [9.17, 15) is 4.79 Å². The lowest BCUT2D eigenvalue weighted by Crippen LogP contribution is -2.44. The van der Waals surface area contributed by atoms with E-state index in [0.29, 0.717) is 6.04 Å². The van der Waals surface area contributed by atoms with E-state index in [4.69, 9.17) is 4.74 Å². The summed E-state index contributed by atoms with van der Waals surface area (Å²) in [5.74, 6) is 0. The highest BCUT2D eigenvalue weighted by atomic mass is 16.6. The van der Waals surface area contributed by atoms with Gasteiger partial charge in [-0.2, -0.15) is 0 Å². The molecule has 0 radical (unpaired) electrons. The second-order valence-electron chi connectivity index (χ2n) is 6.07. The topological polar surface area (TPSA) is 41.6 Å². The van der Waals surface area contributed by atoms with Gasteiger partial charge in [-0.15, -0.1) is 0 Å². The van der Waals surface area contributed by atoms with Crippen molar-refractivity contribution >= 4 is 6.09 Å². The Hall–Kier alpha value is -0.770. The largest absolute Gasteiger partial charge is 0.444 e. The summed E-state index contributed by atoms with van der Waals surface area (Å²) in [6, 6.07) is 0.417. The summed E-state index contributed by atoms with van der Waals surface area (Å²) in [5.41, 5.74) is -0.407. The Morgan fingerprint density at radius 1 is 1.39 bits per heavy atom. The van der Waals surface area contributed by atoms with Crippen LogP contribution in [0.2, 0.25) is 0 Å². The van der Waals surface area contributed by atoms with Gasteiger partial charge in [0, 0.05) is 19.1 Å². The molecular formula is C14H28N2O2. The zero-order chi connectivity index (χ0) is 13.6. The average molecular weight is 256 g/mol. The van der Waals surface area contributed by atoms with Crippen LogP contribution in [-0.4, -0.2) is 42.3 Å². The van der Waals surface area contributed by atoms with Crippen molar-refractivity contribution in [3.63, 3.8) is 0 Å². The third-order valence-corrected chi connectivity index (χ3v) is 3.01. The first kappa shape index (κ1) is 15.3. The number of carbonyl (C=O) groups is 1. The second-order valence-corrected chi connectivity index (χ2v) is 6.07. The van der Waals surface area contributed by atoms with Gasteiger partial charge in [-0.1, -0.05) is 13.3 Å². The van der Waals surface area contributed by atoms with E-state index in [-0.39, 0.29) is 6.09 Å². The van der Waals surface area contributed by atoms with Gasteiger partial charge in [-0.3, -0.25) is 0 Å². The third kappa shape index (κ3) is 5.71. The number of likely N-dealkylation sites (tertiary alicyclic amines) is 1. The summed E-state index contributed by atoms with van der Waals surface area (Å²) in [4.78, 5) is 13.9. The zero-order valence-electron chi connectivity index (χ0n) is 12.3. The maximum absolute atomic E-state index is 12.1. The molecule has 0 aliphatic carbocycles. The fraction of sp³-hybridized carbons (Fsp3) is 0.929. The number of amides is 1. The van der Waals surface area contributed by atoms with Crippen molar-refractivity contribution in [1.29, 1.82) is 0 Å². The molecule has 0 spiro atoms. The van der Waals surface area contributed by atoms with Crippen molar-refractivity contribution in [2.45, 2.75) is 65.0 Å². The van der Waals surface area contributed by atoms with Crippen molar-refractivity contribution in [3.8, 4) is 0 Å². The lowest BCUT2D eigenvalue weighted by molar-refractivity contribution is 0.0244. The Morgan fingerprint density at radius 3 is 2.72 bits per heavy atom. The van der Waals surface area contributed by atoms with Gasteiger partial charge in [-0.25, -0.2) is 4.79 Å². The van der Waals surface area contributed by atoms with Crippen molar-refractivity contribution in [3.05, 3.63) is 0 Å². The van der Waals surface area contributed by atoms with Crippen molar-refractivity contribution in [2.24, 2.45) is 0 Å². The maximum Gasteiger partial charge on any atom is 0.410 e. The van der Waals surface area contributed by atoms with Gasteiger partial charge in [0.1, 0.15) is 5.60 Å². The molecule has 1 saturated heterocycles. The van der Waals surface area contributed by atoms with E-state index in [0.717, 1.165) is 38.9 Å². The number of nitrogens with zero attached hydrogens (tertiary/aromatic N) is 1. The number of hydrogen-bond donors (Lipinski definition) is 1. The Morgan fingerprint density at radius 2 is 2.11 bits per heavy atom. The number of rotatable bonds is 3. The fourth-order valence-electron chi connectivity index (χ4n) is 2.15. The average Bonchev–Trinajstić information content (AvgIpc) is 2.49. The lowest BCUT2D eigenvalue weighted by Gasteiger charge is -2.28. The Kier molecular flexibility index (Phi) is 5.93. The highest BCUT2D eigenvalue weighted by Gasteiger charge is 2.25. The number of carbonyl (C=O) groups excluding carboxylic acids is 1. The smallest absolute Gasteiger partial charge is 0.410 e. The van der Waals surface area contributed by atoms with Crippen LogP contribution >= 0.6 is 0 Å². The summed E-state index contributed by atoms with van der Waals surface area (Å²) in [6.07, 6.45) is 4.36. The fourth-order valence-corrected chi connectivity index (χ4v) is 2.15. The zero-order valence-corrected chi connectivity index (χ0v) is 12.3. The number of hydrogen-bond acceptors (Lipinski definition) is 3. The molecule has 106 valence electrons. The molecule has 1 N–H and O–H groups in total. The first-order valence-corrected chi connectivity index (χ1v) is 7.13. The Bertz CT molecular complexity index is 261. The lowest BCUT2D eigenvalue weighted by atomic mass is 10.1. The highest BCUT2D eigenvalue weighted by Crippen LogP contribution is 2.15. The van der Waals surface area contributed by atoms with E-state index in [1.165, 1.54) is 6.42 Å². The highest BCUT2D eigenvalue weighted by molar-refractivity contribution is 5.68. The standard InChI is InChI=1S/C14H28N2O2/c1-5-9-15-12-8-6-7-10-16(11-12)13(17)18-14(2,3)4/h12,15H,5-11H2,1-4H3/t12-/m1/s1. The predicted octanol–water partition coefficient (Wildman–Crippen LogP) is 2.78.